The van der Waals surface area contributed by atoms with E-state index in [2.05, 4.69) is 11.7 Å². The van der Waals surface area contributed by atoms with Gasteiger partial charge in [0, 0.05) is 6.26 Å². The van der Waals surface area contributed by atoms with E-state index < -0.39 is 44.3 Å². The van der Waals surface area contributed by atoms with E-state index in [1.54, 1.807) is 13.8 Å². The van der Waals surface area contributed by atoms with E-state index >= 15 is 0 Å². The number of nitrogens with zero attached hydrogens (tertiary/aromatic N) is 3. The van der Waals surface area contributed by atoms with Crippen LogP contribution in [0.2, 0.25) is 0 Å². The first-order valence-corrected chi connectivity index (χ1v) is 10.6. The Hall–Kier alpha value is -2.57. The number of amides is 2. The predicted octanol–water partition coefficient (Wildman–Crippen LogP) is 1.23. The smallest absolute Gasteiger partial charge is 0.265 e. The van der Waals surface area contributed by atoms with Crippen LogP contribution in [-0.4, -0.2) is 49.9 Å². The third kappa shape index (κ3) is 1.97. The molecule has 3 fully saturated rings. The van der Waals surface area contributed by atoms with Crippen molar-refractivity contribution in [3.63, 3.8) is 0 Å². The SMILES string of the molecule is C=N[C@@]12C(=O)N(c3ccc(C#N)c(S(C)(=O)=O)c3)C(=O)[C@@H]1C1(C)CCC2(C)O1. The lowest BCUT2D eigenvalue weighted by Crippen LogP contribution is -2.57. The first kappa shape index (κ1) is 18.8. The van der Waals surface area contributed by atoms with E-state index in [1.165, 1.54) is 18.2 Å². The van der Waals surface area contributed by atoms with Crippen molar-refractivity contribution in [2.45, 2.75) is 48.3 Å². The zero-order valence-corrected chi connectivity index (χ0v) is 16.5. The summed E-state index contributed by atoms with van der Waals surface area (Å²) in [5.74, 6) is -1.90. The standard InChI is InChI=1S/C19H19N3O5S/c1-17-7-8-18(2,27-17)19(21-3)14(17)15(23)22(16(19)24)12-6-5-11(10-20)13(9-12)28(4,25)26/h5-6,9,14H,3,7-8H2,1-2,4H3/t14-,17?,18?,19-/m1/s1. The van der Waals surface area contributed by atoms with Crippen LogP contribution in [-0.2, 0) is 24.2 Å². The third-order valence-corrected chi connectivity index (χ3v) is 7.52. The molecule has 0 radical (unpaired) electrons. The van der Waals surface area contributed by atoms with Gasteiger partial charge in [0.15, 0.2) is 15.4 Å². The fourth-order valence-electron chi connectivity index (χ4n) is 5.13. The van der Waals surface area contributed by atoms with Gasteiger partial charge in [0.25, 0.3) is 5.91 Å². The number of hydrogen-bond acceptors (Lipinski definition) is 7. The minimum absolute atomic E-state index is 0.0515. The molecule has 4 atom stereocenters. The average molecular weight is 401 g/mol. The normalized spacial score (nSPS) is 36.5. The predicted molar refractivity (Wildman–Crippen MR) is 99.7 cm³/mol. The van der Waals surface area contributed by atoms with Crippen molar-refractivity contribution in [1.29, 1.82) is 5.26 Å². The molecule has 0 N–H and O–H groups in total. The fourth-order valence-corrected chi connectivity index (χ4v) is 5.98. The number of rotatable bonds is 3. The van der Waals surface area contributed by atoms with Crippen molar-refractivity contribution >= 4 is 34.1 Å². The van der Waals surface area contributed by atoms with Gasteiger partial charge < -0.3 is 4.74 Å². The summed E-state index contributed by atoms with van der Waals surface area (Å²) in [5.41, 5.74) is -3.20. The van der Waals surface area contributed by atoms with Gasteiger partial charge in [-0.1, -0.05) is 0 Å². The lowest BCUT2D eigenvalue weighted by Gasteiger charge is -2.37. The lowest BCUT2D eigenvalue weighted by molar-refractivity contribution is -0.130. The molecule has 3 saturated heterocycles. The molecule has 0 saturated carbocycles. The number of aliphatic imine (C=N–C) groups is 1. The second-order valence-corrected chi connectivity index (χ2v) is 10.0. The van der Waals surface area contributed by atoms with Crippen LogP contribution in [0.5, 0.6) is 0 Å². The van der Waals surface area contributed by atoms with Gasteiger partial charge in [0.2, 0.25) is 5.91 Å². The summed E-state index contributed by atoms with van der Waals surface area (Å²) in [4.78, 5) is 31.7. The molecule has 0 spiro atoms. The molecule has 0 aliphatic carbocycles. The van der Waals surface area contributed by atoms with E-state index in [9.17, 15) is 23.3 Å². The number of carbonyl (C=O) groups is 2. The molecular weight excluding hydrogens is 382 g/mol. The van der Waals surface area contributed by atoms with Crippen LogP contribution in [0.25, 0.3) is 0 Å². The average Bonchev–Trinajstić information content (AvgIpc) is 3.14. The van der Waals surface area contributed by atoms with Crippen LogP contribution < -0.4 is 4.90 Å². The maximum atomic E-state index is 13.5. The van der Waals surface area contributed by atoms with E-state index in [0.717, 1.165) is 11.2 Å². The highest BCUT2D eigenvalue weighted by Gasteiger charge is 2.81. The number of hydrogen-bond donors (Lipinski definition) is 0. The highest BCUT2D eigenvalue weighted by atomic mass is 32.2. The van der Waals surface area contributed by atoms with Crippen molar-refractivity contribution in [3.8, 4) is 6.07 Å². The second-order valence-electron chi connectivity index (χ2n) is 8.05. The molecular formula is C19H19N3O5S. The third-order valence-electron chi connectivity index (χ3n) is 6.38. The maximum absolute atomic E-state index is 13.5. The van der Waals surface area contributed by atoms with Gasteiger partial charge in [-0.2, -0.15) is 5.26 Å². The monoisotopic (exact) mass is 401 g/mol. The van der Waals surface area contributed by atoms with Crippen LogP contribution in [0.4, 0.5) is 5.69 Å². The van der Waals surface area contributed by atoms with Gasteiger partial charge >= 0.3 is 0 Å². The van der Waals surface area contributed by atoms with Crippen LogP contribution in [0.3, 0.4) is 0 Å². The molecule has 4 rings (SSSR count). The summed E-state index contributed by atoms with van der Waals surface area (Å²) in [5, 5.41) is 9.20. The molecule has 9 heteroatoms. The maximum Gasteiger partial charge on any atom is 0.265 e. The highest BCUT2D eigenvalue weighted by Crippen LogP contribution is 2.64. The van der Waals surface area contributed by atoms with E-state index in [1.807, 2.05) is 6.07 Å². The van der Waals surface area contributed by atoms with Gasteiger partial charge in [-0.25, -0.2) is 13.3 Å². The van der Waals surface area contributed by atoms with Crippen LogP contribution in [0.15, 0.2) is 28.1 Å². The Labute approximate surface area is 162 Å². The minimum atomic E-state index is -3.74. The summed E-state index contributed by atoms with van der Waals surface area (Å²) in [6, 6.07) is 5.70. The fraction of sp³-hybridized carbons (Fsp3) is 0.474. The second kappa shape index (κ2) is 5.27. The molecule has 2 bridgehead atoms. The molecule has 1 aromatic rings. The molecule has 0 aromatic heterocycles. The molecule has 146 valence electrons. The summed E-state index contributed by atoms with van der Waals surface area (Å²) in [6.07, 6.45) is 2.15. The van der Waals surface area contributed by atoms with Gasteiger partial charge in [0.05, 0.1) is 21.7 Å². The van der Waals surface area contributed by atoms with Crippen LogP contribution in [0, 0.1) is 17.2 Å². The Morgan fingerprint density at radius 2 is 2.00 bits per heavy atom. The molecule has 28 heavy (non-hydrogen) atoms. The topological polar surface area (TPSA) is 117 Å². The Morgan fingerprint density at radius 3 is 2.54 bits per heavy atom. The van der Waals surface area contributed by atoms with E-state index in [0.29, 0.717) is 12.8 Å². The van der Waals surface area contributed by atoms with Crippen molar-refractivity contribution in [2.75, 3.05) is 11.2 Å². The van der Waals surface area contributed by atoms with Crippen molar-refractivity contribution in [3.05, 3.63) is 23.8 Å². The highest BCUT2D eigenvalue weighted by molar-refractivity contribution is 7.90. The van der Waals surface area contributed by atoms with Gasteiger partial charge in [-0.15, -0.1) is 0 Å². The first-order chi connectivity index (χ1) is 12.9. The Balaban J connectivity index is 1.91. The summed E-state index contributed by atoms with van der Waals surface area (Å²) in [7, 11) is -3.74. The number of nitriles is 1. The Bertz CT molecular complexity index is 1110. The van der Waals surface area contributed by atoms with E-state index in [4.69, 9.17) is 4.74 Å². The number of fused-ring (bicyclic) bond motifs is 5. The summed E-state index contributed by atoms with van der Waals surface area (Å²) >= 11 is 0. The lowest BCUT2D eigenvalue weighted by atomic mass is 9.64. The zero-order chi connectivity index (χ0) is 20.7. The van der Waals surface area contributed by atoms with Crippen LogP contribution >= 0.6 is 0 Å². The van der Waals surface area contributed by atoms with E-state index in [-0.39, 0.29) is 16.1 Å². The number of imide groups is 1. The van der Waals surface area contributed by atoms with Crippen LogP contribution in [0.1, 0.15) is 32.3 Å². The number of anilines is 1. The molecule has 2 unspecified atom stereocenters. The Morgan fingerprint density at radius 1 is 1.32 bits per heavy atom. The summed E-state index contributed by atoms with van der Waals surface area (Å²) in [6.45, 7) is 7.16. The van der Waals surface area contributed by atoms with Crippen molar-refractivity contribution in [1.82, 2.24) is 0 Å². The minimum Gasteiger partial charge on any atom is -0.365 e. The first-order valence-electron chi connectivity index (χ1n) is 8.76. The number of ether oxygens (including phenoxy) is 1. The Kier molecular flexibility index (Phi) is 3.54. The number of benzene rings is 1. The van der Waals surface area contributed by atoms with Gasteiger partial charge in [-0.3, -0.25) is 14.6 Å². The molecule has 3 aliphatic heterocycles. The number of carbonyl (C=O) groups excluding carboxylic acids is 2. The zero-order valence-electron chi connectivity index (χ0n) is 15.7. The molecule has 8 nitrogen and oxygen atoms in total. The molecule has 2 amide bonds. The molecule has 3 aliphatic rings. The van der Waals surface area contributed by atoms with Gasteiger partial charge in [0.1, 0.15) is 17.6 Å². The van der Waals surface area contributed by atoms with Crippen molar-refractivity contribution < 1.29 is 22.7 Å². The largest absolute Gasteiger partial charge is 0.365 e. The van der Waals surface area contributed by atoms with Gasteiger partial charge in [-0.05, 0) is 51.6 Å². The van der Waals surface area contributed by atoms with Crippen molar-refractivity contribution in [2.24, 2.45) is 10.9 Å². The quantitative estimate of drug-likeness (QED) is 0.555. The summed E-state index contributed by atoms with van der Waals surface area (Å²) < 4.78 is 30.3. The number of sulfone groups is 1. The molecule has 1 aromatic carbocycles. The molecule has 3 heterocycles.